The fourth-order valence-corrected chi connectivity index (χ4v) is 15.8. The van der Waals surface area contributed by atoms with E-state index in [4.69, 9.17) is 37.9 Å². The summed E-state index contributed by atoms with van der Waals surface area (Å²) in [6, 6.07) is 0. The lowest BCUT2D eigenvalue weighted by molar-refractivity contribution is -0.380. The van der Waals surface area contributed by atoms with Gasteiger partial charge in [-0.05, 0) is 118 Å². The van der Waals surface area contributed by atoms with Gasteiger partial charge in [0.05, 0.1) is 43.7 Å². The zero-order chi connectivity index (χ0) is 57.4. The monoisotopic (exact) mass is 1120 g/mol. The largest absolute Gasteiger partial charge is 0.396 e. The highest BCUT2D eigenvalue weighted by molar-refractivity contribution is 5.30. The van der Waals surface area contributed by atoms with E-state index in [9.17, 15) is 76.6 Å². The quantitative estimate of drug-likeness (QED) is 0.0673. The Morgan fingerprint density at radius 1 is 0.590 bits per heavy atom. The molecule has 452 valence electrons. The molecule has 4 aliphatic carbocycles. The standard InChI is InChI=1S/C55H94O23/c1-24(25-15-17-55(8)32-12-10-26-27(53(32,6)18-19-54(25,55)7)11-14-33(51(26,2)3)76-48-44(68)39(63)35(59)28(72-48)16-20-56)9-13-34(52(4,5)70)77-50-46(78-49-45(69)41(65)37(61)30(22-58)74-49)42(66)38(62)31(75-50)23-71-47-43(67)40(64)36(60)29(21-57)73-47/h10,24-25,27-50,56-70H,9,11-23H2,1-8H3/t24-,25?,27?,28-,29-,30-,31-,32?,33+,34-,35-,36-,37-,38-,39+,40+,41+,42+,43-,44-,45-,46-,47+,48+,49+,50+,53+,54-,55+/m1/s1. The maximum atomic E-state index is 11.8. The molecule has 78 heavy (non-hydrogen) atoms. The van der Waals surface area contributed by atoms with Gasteiger partial charge in [-0.25, -0.2) is 0 Å². The molecule has 0 radical (unpaired) electrons. The van der Waals surface area contributed by atoms with Crippen LogP contribution in [-0.4, -0.2) is 244 Å². The first-order chi connectivity index (χ1) is 36.5. The van der Waals surface area contributed by atoms with Crippen molar-refractivity contribution in [2.24, 2.45) is 45.3 Å². The van der Waals surface area contributed by atoms with Gasteiger partial charge in [0.1, 0.15) is 91.6 Å². The molecule has 4 saturated heterocycles. The maximum Gasteiger partial charge on any atom is 0.187 e. The van der Waals surface area contributed by atoms with Gasteiger partial charge in [-0.2, -0.15) is 0 Å². The minimum absolute atomic E-state index is 0.0178. The van der Waals surface area contributed by atoms with Crippen LogP contribution in [0.25, 0.3) is 0 Å². The number of aliphatic hydroxyl groups excluding tert-OH is 14. The number of hydrogen-bond acceptors (Lipinski definition) is 23. The van der Waals surface area contributed by atoms with Crippen molar-refractivity contribution in [3.8, 4) is 0 Å². The molecule has 4 aliphatic heterocycles. The number of ether oxygens (including phenoxy) is 8. The SMILES string of the molecule is C[C@H](CC[C@@H](O[C@@H]1O[C@H](CO[C@H]2O[C@H](CO)[C@@H](O)[C@H](O)[C@H]2O)[C@@H](O)[C@H](O)[C@H]1O[C@@H]1O[C@H](CO)[C@@H](O)[C@H](O)[C@H]1O)C(C)(C)O)C1CC[C@@]2(C)C3CC=C4C(CC[C@H](O[C@@H]5O[C@H](CCO)[C@@H](O)[C@H](O)[C@H]5O)C4(C)C)[C@]3(C)CC[C@]12C. The first-order valence-electron chi connectivity index (χ1n) is 28.4. The van der Waals surface area contributed by atoms with Crippen molar-refractivity contribution >= 4 is 0 Å². The molecule has 0 aromatic rings. The molecule has 0 spiro atoms. The van der Waals surface area contributed by atoms with Crippen LogP contribution < -0.4 is 0 Å². The predicted octanol–water partition coefficient (Wildman–Crippen LogP) is -1.81. The van der Waals surface area contributed by atoms with Crippen molar-refractivity contribution in [2.75, 3.05) is 26.4 Å². The molecular weight excluding hydrogens is 1030 g/mol. The summed E-state index contributed by atoms with van der Waals surface area (Å²) in [6.45, 7) is 14.7. The van der Waals surface area contributed by atoms with Crippen LogP contribution in [0.3, 0.4) is 0 Å². The van der Waals surface area contributed by atoms with Crippen molar-refractivity contribution < 1.29 is 114 Å². The number of aliphatic hydroxyl groups is 15. The van der Waals surface area contributed by atoms with Gasteiger partial charge in [-0.1, -0.05) is 53.2 Å². The molecule has 23 nitrogen and oxygen atoms in total. The van der Waals surface area contributed by atoms with Crippen molar-refractivity contribution in [1.82, 2.24) is 0 Å². The number of rotatable bonds is 18. The van der Waals surface area contributed by atoms with E-state index >= 15 is 0 Å². The minimum atomic E-state index is -1.91. The lowest BCUT2D eigenvalue weighted by atomic mass is 9.39. The highest BCUT2D eigenvalue weighted by atomic mass is 16.8. The van der Waals surface area contributed by atoms with Crippen molar-refractivity contribution in [1.29, 1.82) is 0 Å². The highest BCUT2D eigenvalue weighted by Gasteiger charge is 2.68. The van der Waals surface area contributed by atoms with Gasteiger partial charge in [0.15, 0.2) is 25.2 Å². The van der Waals surface area contributed by atoms with Gasteiger partial charge in [0.2, 0.25) is 0 Å². The van der Waals surface area contributed by atoms with Crippen molar-refractivity contribution in [3.05, 3.63) is 11.6 Å². The normalized spacial score (nSPS) is 50.5. The van der Waals surface area contributed by atoms with E-state index in [1.807, 2.05) is 0 Å². The number of allylic oxidation sites excluding steroid dienone is 1. The second-order valence-electron chi connectivity index (χ2n) is 26.1. The summed E-state index contributed by atoms with van der Waals surface area (Å²) in [5.74, 6) is 1.08. The van der Waals surface area contributed by atoms with Gasteiger partial charge < -0.3 is 114 Å². The molecule has 3 unspecified atom stereocenters. The van der Waals surface area contributed by atoms with Crippen LogP contribution in [0.2, 0.25) is 0 Å². The average molecular weight is 1120 g/mol. The van der Waals surface area contributed by atoms with Gasteiger partial charge in [0, 0.05) is 12.0 Å². The zero-order valence-corrected chi connectivity index (χ0v) is 46.5. The lowest BCUT2D eigenvalue weighted by Crippen LogP contribution is -2.65. The predicted molar refractivity (Wildman–Crippen MR) is 271 cm³/mol. The number of fused-ring (bicyclic) bond motifs is 5. The average Bonchev–Trinajstić information content (AvgIpc) is 3.37. The molecule has 8 aliphatic rings. The third-order valence-electron chi connectivity index (χ3n) is 21.0. The molecule has 0 amide bonds. The smallest absolute Gasteiger partial charge is 0.187 e. The second kappa shape index (κ2) is 24.1. The highest BCUT2D eigenvalue weighted by Crippen LogP contribution is 2.75. The van der Waals surface area contributed by atoms with Crippen molar-refractivity contribution in [2.45, 2.75) is 260 Å². The second-order valence-corrected chi connectivity index (χ2v) is 26.1. The molecule has 4 heterocycles. The summed E-state index contributed by atoms with van der Waals surface area (Å²) in [5.41, 5.74) is -0.760. The van der Waals surface area contributed by atoms with Crippen LogP contribution in [0.5, 0.6) is 0 Å². The Balaban J connectivity index is 0.971. The molecular formula is C55H94O23. The minimum Gasteiger partial charge on any atom is -0.396 e. The van der Waals surface area contributed by atoms with E-state index < -0.39 is 160 Å². The number of hydrogen-bond donors (Lipinski definition) is 15. The van der Waals surface area contributed by atoms with E-state index in [0.717, 1.165) is 38.5 Å². The van der Waals surface area contributed by atoms with E-state index in [1.54, 1.807) is 13.8 Å². The van der Waals surface area contributed by atoms with E-state index in [-0.39, 0.29) is 53.6 Å². The topological polar surface area (TPSA) is 377 Å². The maximum absolute atomic E-state index is 11.8. The fraction of sp³-hybridized carbons (Fsp3) is 0.964. The summed E-state index contributed by atoms with van der Waals surface area (Å²) in [4.78, 5) is 0. The summed E-state index contributed by atoms with van der Waals surface area (Å²) in [6.07, 6.45) is -23.3. The fourth-order valence-electron chi connectivity index (χ4n) is 15.8. The summed E-state index contributed by atoms with van der Waals surface area (Å²) in [5, 5.41) is 160. The first-order valence-corrected chi connectivity index (χ1v) is 28.4. The van der Waals surface area contributed by atoms with Crippen LogP contribution in [-0.2, 0) is 37.9 Å². The van der Waals surface area contributed by atoms with Crippen LogP contribution in [0.1, 0.15) is 120 Å². The Morgan fingerprint density at radius 2 is 1.13 bits per heavy atom. The third-order valence-corrected chi connectivity index (χ3v) is 21.0. The molecule has 0 bridgehead atoms. The Morgan fingerprint density at radius 3 is 1.72 bits per heavy atom. The molecule has 3 saturated carbocycles. The first kappa shape index (κ1) is 62.9. The van der Waals surface area contributed by atoms with E-state index in [2.05, 4.69) is 47.6 Å². The van der Waals surface area contributed by atoms with Crippen LogP contribution in [0, 0.1) is 45.3 Å². The van der Waals surface area contributed by atoms with Crippen LogP contribution in [0.15, 0.2) is 11.6 Å². The zero-order valence-electron chi connectivity index (χ0n) is 46.5. The Bertz CT molecular complexity index is 2000. The van der Waals surface area contributed by atoms with E-state index in [1.165, 1.54) is 5.57 Å². The van der Waals surface area contributed by atoms with Gasteiger partial charge >= 0.3 is 0 Å². The van der Waals surface area contributed by atoms with Gasteiger partial charge in [-0.3, -0.25) is 0 Å². The van der Waals surface area contributed by atoms with Crippen LogP contribution >= 0.6 is 0 Å². The molecule has 23 heteroatoms. The third kappa shape index (κ3) is 11.3. The molecule has 0 aromatic heterocycles. The Hall–Kier alpha value is -1.18. The van der Waals surface area contributed by atoms with Gasteiger partial charge in [0.25, 0.3) is 0 Å². The van der Waals surface area contributed by atoms with E-state index in [0.29, 0.717) is 24.7 Å². The van der Waals surface area contributed by atoms with Crippen molar-refractivity contribution in [3.63, 3.8) is 0 Å². The van der Waals surface area contributed by atoms with Gasteiger partial charge in [-0.15, -0.1) is 0 Å². The summed E-state index contributed by atoms with van der Waals surface area (Å²) < 4.78 is 48.2. The van der Waals surface area contributed by atoms with Crippen LogP contribution in [0.4, 0.5) is 0 Å². The Labute approximate surface area is 457 Å². The Kier molecular flexibility index (Phi) is 19.4. The molecule has 29 atom stereocenters. The molecule has 15 N–H and O–H groups in total. The molecule has 8 rings (SSSR count). The lowest BCUT2D eigenvalue weighted by Gasteiger charge is -2.66. The summed E-state index contributed by atoms with van der Waals surface area (Å²) in [7, 11) is 0. The molecule has 7 fully saturated rings. The molecule has 0 aromatic carbocycles. The summed E-state index contributed by atoms with van der Waals surface area (Å²) >= 11 is 0.